The number of hydrogen-bond acceptors (Lipinski definition) is 3. The minimum Gasteiger partial charge on any atom is -0.326 e. The smallest absolute Gasteiger partial charge is 0.326 e. The van der Waals surface area contributed by atoms with Gasteiger partial charge in [0.25, 0.3) is 0 Å². The van der Waals surface area contributed by atoms with Gasteiger partial charge in [0.1, 0.15) is 0 Å². The molecule has 0 saturated carbocycles. The third-order valence-corrected chi connectivity index (χ3v) is 3.46. The van der Waals surface area contributed by atoms with Crippen LogP contribution in [0.15, 0.2) is 0 Å². The fraction of sp³-hybridized carbons (Fsp3) is 1.00. The molecule has 94 valence electrons. The van der Waals surface area contributed by atoms with Crippen LogP contribution in [0.25, 0.3) is 0 Å². The highest BCUT2D eigenvalue weighted by molar-refractivity contribution is 6.51. The van der Waals surface area contributed by atoms with E-state index < -0.39 is 0 Å². The van der Waals surface area contributed by atoms with Crippen molar-refractivity contribution in [2.45, 2.75) is 72.6 Å². The van der Waals surface area contributed by atoms with E-state index in [-0.39, 0.29) is 0 Å². The van der Waals surface area contributed by atoms with Gasteiger partial charge in [-0.2, -0.15) is 0 Å². The molecule has 1 atom stereocenters. The van der Waals surface area contributed by atoms with Crippen LogP contribution in [0.3, 0.4) is 0 Å². The quantitative estimate of drug-likeness (QED) is 0.736. The van der Waals surface area contributed by atoms with E-state index in [1.807, 2.05) is 0 Å². The molecule has 0 radical (unpaired) electrons. The Kier molecular flexibility index (Phi) is 4.83. The van der Waals surface area contributed by atoms with Gasteiger partial charge in [0.2, 0.25) is 0 Å². The average Bonchev–Trinajstić information content (AvgIpc) is 2.46. The van der Waals surface area contributed by atoms with Crippen molar-refractivity contribution >= 4 is 7.12 Å². The summed E-state index contributed by atoms with van der Waals surface area (Å²) in [5, 5.41) is 3.65. The predicted octanol–water partition coefficient (Wildman–Crippen LogP) is 1.79. The molecule has 0 aromatic carbocycles. The molecule has 1 heterocycles. The van der Waals surface area contributed by atoms with Gasteiger partial charge < -0.3 is 14.8 Å². The van der Waals surface area contributed by atoms with Crippen LogP contribution in [0, 0.1) is 0 Å². The topological polar surface area (TPSA) is 18.5 Å². The minimum atomic E-state index is 0.398. The van der Waals surface area contributed by atoms with E-state index in [1.165, 1.54) is 0 Å². The lowest BCUT2D eigenvalue weighted by Gasteiger charge is -2.40. The third-order valence-electron chi connectivity index (χ3n) is 3.46. The Bertz CT molecular complexity index is 210. The number of hydrogen-bond donors (Lipinski definition) is 1. The lowest BCUT2D eigenvalue weighted by molar-refractivity contribution is 0.238. The molecular weight excluding hydrogens is 197 g/mol. The molecule has 0 aromatic rings. The maximum absolute atomic E-state index is 3.65. The second-order valence-electron chi connectivity index (χ2n) is 5.81. The van der Waals surface area contributed by atoms with Crippen LogP contribution in [0.2, 0.25) is 0 Å². The van der Waals surface area contributed by atoms with Crippen molar-refractivity contribution in [3.05, 3.63) is 0 Å². The Morgan fingerprint density at radius 1 is 1.12 bits per heavy atom. The van der Waals surface area contributed by atoms with Crippen molar-refractivity contribution in [2.24, 2.45) is 0 Å². The summed E-state index contributed by atoms with van der Waals surface area (Å²) < 4.78 is 0. The number of nitrogens with one attached hydrogen (secondary N) is 1. The molecule has 16 heavy (non-hydrogen) atoms. The Morgan fingerprint density at radius 3 is 2.00 bits per heavy atom. The van der Waals surface area contributed by atoms with E-state index in [2.05, 4.69) is 63.3 Å². The van der Waals surface area contributed by atoms with Gasteiger partial charge in [-0.15, -0.1) is 0 Å². The maximum Gasteiger partial charge on any atom is 0.401 e. The predicted molar refractivity (Wildman–Crippen MR) is 72.3 cm³/mol. The molecule has 1 N–H and O–H groups in total. The van der Waals surface area contributed by atoms with Crippen molar-refractivity contribution in [1.29, 1.82) is 0 Å². The molecule has 1 aliphatic heterocycles. The van der Waals surface area contributed by atoms with Gasteiger partial charge in [0.15, 0.2) is 0 Å². The van der Waals surface area contributed by atoms with Gasteiger partial charge in [-0.05, 0) is 25.0 Å². The summed E-state index contributed by atoms with van der Waals surface area (Å²) in [5.41, 5.74) is 0. The van der Waals surface area contributed by atoms with Crippen LogP contribution in [0.4, 0.5) is 0 Å². The summed E-state index contributed by atoms with van der Waals surface area (Å²) in [7, 11) is 0.398. The first-order valence-corrected chi connectivity index (χ1v) is 6.64. The summed E-state index contributed by atoms with van der Waals surface area (Å²) in [4.78, 5) is 5.14. The summed E-state index contributed by atoms with van der Waals surface area (Å²) in [6.07, 6.45) is 0. The molecule has 4 heteroatoms. The van der Waals surface area contributed by atoms with Crippen LogP contribution >= 0.6 is 0 Å². The Hall–Kier alpha value is -0.0551. The van der Waals surface area contributed by atoms with Crippen molar-refractivity contribution in [3.8, 4) is 0 Å². The van der Waals surface area contributed by atoms with Gasteiger partial charge in [0.05, 0.1) is 0 Å². The van der Waals surface area contributed by atoms with Crippen LogP contribution in [-0.4, -0.2) is 47.5 Å². The summed E-state index contributed by atoms with van der Waals surface area (Å²) in [5.74, 6) is 0. The first kappa shape index (κ1) is 14.0. The first-order chi connectivity index (χ1) is 7.36. The van der Waals surface area contributed by atoms with Gasteiger partial charge in [-0.25, -0.2) is 0 Å². The van der Waals surface area contributed by atoms with E-state index in [0.717, 1.165) is 6.54 Å². The lowest BCUT2D eigenvalue weighted by Crippen LogP contribution is -2.62. The molecule has 1 saturated heterocycles. The fourth-order valence-corrected chi connectivity index (χ4v) is 2.94. The first-order valence-electron chi connectivity index (χ1n) is 6.64. The molecule has 0 amide bonds. The second kappa shape index (κ2) is 5.52. The molecule has 0 bridgehead atoms. The number of rotatable bonds is 4. The molecule has 1 rings (SSSR count). The van der Waals surface area contributed by atoms with Crippen LogP contribution in [-0.2, 0) is 0 Å². The zero-order valence-electron chi connectivity index (χ0n) is 12.0. The Labute approximate surface area is 102 Å². The average molecular weight is 225 g/mol. The zero-order chi connectivity index (χ0) is 12.5. The van der Waals surface area contributed by atoms with Gasteiger partial charge in [-0.3, -0.25) is 0 Å². The highest BCUT2D eigenvalue weighted by Crippen LogP contribution is 2.19. The second-order valence-corrected chi connectivity index (χ2v) is 5.81. The van der Waals surface area contributed by atoms with Crippen LogP contribution < -0.4 is 5.23 Å². The summed E-state index contributed by atoms with van der Waals surface area (Å²) in [6, 6.07) is 2.37. The summed E-state index contributed by atoms with van der Waals surface area (Å²) in [6.45, 7) is 17.1. The standard InChI is InChI=1S/C12H28BN3/c1-9(2)15(10(3)4)13-14-8-12(7)16(13)11(5)6/h9-12,14H,8H2,1-7H3. The molecule has 0 aromatic heterocycles. The van der Waals surface area contributed by atoms with Crippen molar-refractivity contribution < 1.29 is 0 Å². The largest absolute Gasteiger partial charge is 0.401 e. The van der Waals surface area contributed by atoms with E-state index in [4.69, 9.17) is 0 Å². The molecule has 1 fully saturated rings. The highest BCUT2D eigenvalue weighted by Gasteiger charge is 2.42. The van der Waals surface area contributed by atoms with E-state index in [1.54, 1.807) is 0 Å². The minimum absolute atomic E-state index is 0.398. The molecule has 1 unspecified atom stereocenters. The van der Waals surface area contributed by atoms with Crippen LogP contribution in [0.1, 0.15) is 48.5 Å². The Balaban J connectivity index is 2.84. The monoisotopic (exact) mass is 225 g/mol. The van der Waals surface area contributed by atoms with Gasteiger partial charge in [0, 0.05) is 12.6 Å². The van der Waals surface area contributed by atoms with Gasteiger partial charge in [-0.1, -0.05) is 41.5 Å². The van der Waals surface area contributed by atoms with Crippen molar-refractivity contribution in [1.82, 2.24) is 14.8 Å². The Morgan fingerprint density at radius 2 is 1.62 bits per heavy atom. The van der Waals surface area contributed by atoms with Crippen molar-refractivity contribution in [2.75, 3.05) is 6.54 Å². The third kappa shape index (κ3) is 2.79. The molecule has 3 nitrogen and oxygen atoms in total. The van der Waals surface area contributed by atoms with Crippen LogP contribution in [0.5, 0.6) is 0 Å². The van der Waals surface area contributed by atoms with E-state index in [0.29, 0.717) is 31.3 Å². The summed E-state index contributed by atoms with van der Waals surface area (Å²) >= 11 is 0. The van der Waals surface area contributed by atoms with E-state index in [9.17, 15) is 0 Å². The lowest BCUT2D eigenvalue weighted by atomic mass is 9.83. The molecular formula is C12H28BN3. The normalized spacial score (nSPS) is 23.4. The highest BCUT2D eigenvalue weighted by atomic mass is 15.4. The van der Waals surface area contributed by atoms with Crippen molar-refractivity contribution in [3.63, 3.8) is 0 Å². The fourth-order valence-electron chi connectivity index (χ4n) is 2.94. The number of nitrogens with zero attached hydrogens (tertiary/aromatic N) is 2. The molecule has 0 spiro atoms. The molecule has 0 aliphatic carbocycles. The van der Waals surface area contributed by atoms with Gasteiger partial charge >= 0.3 is 7.12 Å². The SMILES string of the molecule is CC(C)N(B1NCC(C)N1C(C)C)C(C)C. The molecule has 1 aliphatic rings. The van der Waals surface area contributed by atoms with E-state index >= 15 is 0 Å². The zero-order valence-corrected chi connectivity index (χ0v) is 12.0. The maximum atomic E-state index is 3.65.